The average molecular weight is 156 g/mol. The maximum Gasteiger partial charge on any atom is 0.0625 e. The Morgan fingerprint density at radius 2 is 2.50 bits per heavy atom. The summed E-state index contributed by atoms with van der Waals surface area (Å²) >= 11 is 4.12. The first-order valence-electron chi connectivity index (χ1n) is 3.44. The third-order valence-electron chi connectivity index (χ3n) is 1.35. The first-order valence-corrected chi connectivity index (χ1v) is 4.08. The zero-order valence-electron chi connectivity index (χ0n) is 6.09. The van der Waals surface area contributed by atoms with Crippen molar-refractivity contribution in [2.45, 2.75) is 19.8 Å². The molecule has 1 rings (SSSR count). The van der Waals surface area contributed by atoms with Gasteiger partial charge in [0.2, 0.25) is 0 Å². The fraction of sp³-hybridized carbons (Fsp3) is 0.571. The molecule has 0 atom stereocenters. The molecule has 1 N–H and O–H groups in total. The lowest BCUT2D eigenvalue weighted by Gasteiger charge is -1.89. The monoisotopic (exact) mass is 156 g/mol. The zero-order valence-corrected chi connectivity index (χ0v) is 6.99. The quantitative estimate of drug-likeness (QED) is 0.639. The zero-order chi connectivity index (χ0) is 7.40. The largest absolute Gasteiger partial charge is 0.283 e. The summed E-state index contributed by atoms with van der Waals surface area (Å²) in [5.74, 6) is 0.936. The van der Waals surface area contributed by atoms with Gasteiger partial charge in [0, 0.05) is 5.69 Å². The first kappa shape index (κ1) is 7.66. The minimum atomic E-state index is 0.936. The van der Waals surface area contributed by atoms with E-state index in [0.29, 0.717) is 0 Å². The smallest absolute Gasteiger partial charge is 0.0625 e. The predicted octanol–water partition coefficient (Wildman–Crippen LogP) is 1.58. The van der Waals surface area contributed by atoms with Gasteiger partial charge in [0.05, 0.1) is 5.69 Å². The van der Waals surface area contributed by atoms with E-state index >= 15 is 0 Å². The highest BCUT2D eigenvalue weighted by Crippen LogP contribution is 2.01. The molecular weight excluding hydrogens is 144 g/mol. The third-order valence-corrected chi connectivity index (χ3v) is 1.67. The lowest BCUT2D eigenvalue weighted by Crippen LogP contribution is -1.85. The number of nitrogens with zero attached hydrogens (tertiary/aromatic N) is 1. The number of aromatic amines is 1. The lowest BCUT2D eigenvalue weighted by atomic mass is 10.2. The predicted molar refractivity (Wildman–Crippen MR) is 45.5 cm³/mol. The molecule has 0 aromatic carbocycles. The van der Waals surface area contributed by atoms with Crippen LogP contribution in [0.3, 0.4) is 0 Å². The second kappa shape index (κ2) is 3.66. The van der Waals surface area contributed by atoms with E-state index in [1.165, 1.54) is 0 Å². The number of aryl methyl sites for hydroxylation is 2. The molecule has 0 radical (unpaired) electrons. The Morgan fingerprint density at radius 1 is 1.70 bits per heavy atom. The summed E-state index contributed by atoms with van der Waals surface area (Å²) in [6.07, 6.45) is 2.14. The minimum absolute atomic E-state index is 0.936. The molecule has 0 spiro atoms. The van der Waals surface area contributed by atoms with Gasteiger partial charge < -0.3 is 0 Å². The lowest BCUT2D eigenvalue weighted by molar-refractivity contribution is 0.874. The molecule has 1 heterocycles. The van der Waals surface area contributed by atoms with Gasteiger partial charge in [0.15, 0.2) is 0 Å². The molecule has 0 aliphatic carbocycles. The highest BCUT2D eigenvalue weighted by atomic mass is 32.1. The van der Waals surface area contributed by atoms with Crippen LogP contribution in [0.5, 0.6) is 0 Å². The van der Waals surface area contributed by atoms with Crippen molar-refractivity contribution < 1.29 is 0 Å². The van der Waals surface area contributed by atoms with Crippen molar-refractivity contribution in [1.29, 1.82) is 0 Å². The molecule has 0 unspecified atom stereocenters. The van der Waals surface area contributed by atoms with E-state index in [1.54, 1.807) is 0 Å². The number of hydrogen-bond acceptors (Lipinski definition) is 2. The van der Waals surface area contributed by atoms with Gasteiger partial charge in [-0.15, -0.1) is 0 Å². The van der Waals surface area contributed by atoms with Crippen LogP contribution in [0, 0.1) is 6.92 Å². The SMILES string of the molecule is Cc1cc(CCCS)n[nH]1. The summed E-state index contributed by atoms with van der Waals surface area (Å²) < 4.78 is 0. The summed E-state index contributed by atoms with van der Waals surface area (Å²) in [4.78, 5) is 0. The van der Waals surface area contributed by atoms with Gasteiger partial charge >= 0.3 is 0 Å². The van der Waals surface area contributed by atoms with Crippen LogP contribution in [0.25, 0.3) is 0 Å². The molecule has 0 aliphatic heterocycles. The van der Waals surface area contributed by atoms with Gasteiger partial charge in [-0.25, -0.2) is 0 Å². The molecule has 2 nitrogen and oxygen atoms in total. The fourth-order valence-electron chi connectivity index (χ4n) is 0.863. The van der Waals surface area contributed by atoms with Crippen molar-refractivity contribution in [3.63, 3.8) is 0 Å². The molecule has 10 heavy (non-hydrogen) atoms. The number of nitrogens with one attached hydrogen (secondary N) is 1. The van der Waals surface area contributed by atoms with Crippen molar-refractivity contribution in [2.24, 2.45) is 0 Å². The van der Waals surface area contributed by atoms with Gasteiger partial charge in [0.25, 0.3) is 0 Å². The van der Waals surface area contributed by atoms with E-state index in [-0.39, 0.29) is 0 Å². The summed E-state index contributed by atoms with van der Waals surface area (Å²) in [5, 5.41) is 7.00. The molecule has 0 bridgehead atoms. The average Bonchev–Trinajstić information content (AvgIpc) is 2.31. The normalized spacial score (nSPS) is 10.2. The molecule has 56 valence electrons. The van der Waals surface area contributed by atoms with E-state index in [0.717, 1.165) is 30.0 Å². The fourth-order valence-corrected chi connectivity index (χ4v) is 1.02. The molecule has 0 saturated heterocycles. The van der Waals surface area contributed by atoms with Crippen LogP contribution >= 0.6 is 12.6 Å². The second-order valence-electron chi connectivity index (χ2n) is 2.37. The van der Waals surface area contributed by atoms with E-state index < -0.39 is 0 Å². The highest BCUT2D eigenvalue weighted by Gasteiger charge is 1.94. The standard InChI is InChI=1S/C7H12N2S/c1-6-5-7(9-8-6)3-2-4-10/h5,10H,2-4H2,1H3,(H,8,9). The van der Waals surface area contributed by atoms with Crippen LogP contribution in [-0.4, -0.2) is 16.0 Å². The van der Waals surface area contributed by atoms with Crippen LogP contribution in [0.2, 0.25) is 0 Å². The van der Waals surface area contributed by atoms with Crippen LogP contribution in [0.15, 0.2) is 6.07 Å². The van der Waals surface area contributed by atoms with Crippen molar-refractivity contribution in [2.75, 3.05) is 5.75 Å². The Hall–Kier alpha value is -0.440. The van der Waals surface area contributed by atoms with Gasteiger partial charge in [-0.1, -0.05) is 0 Å². The van der Waals surface area contributed by atoms with Crippen LogP contribution < -0.4 is 0 Å². The molecule has 3 heteroatoms. The Morgan fingerprint density at radius 3 is 3.00 bits per heavy atom. The summed E-state index contributed by atoms with van der Waals surface area (Å²) in [7, 11) is 0. The Labute approximate surface area is 66.4 Å². The number of thiol groups is 1. The Balaban J connectivity index is 2.42. The minimum Gasteiger partial charge on any atom is -0.283 e. The van der Waals surface area contributed by atoms with Crippen LogP contribution in [0.4, 0.5) is 0 Å². The van der Waals surface area contributed by atoms with E-state index in [9.17, 15) is 0 Å². The molecule has 0 aliphatic rings. The molecule has 1 aromatic heterocycles. The van der Waals surface area contributed by atoms with Crippen LogP contribution in [-0.2, 0) is 6.42 Å². The number of aromatic nitrogens is 2. The van der Waals surface area contributed by atoms with Crippen molar-refractivity contribution in [1.82, 2.24) is 10.2 Å². The van der Waals surface area contributed by atoms with Gasteiger partial charge in [-0.3, -0.25) is 5.10 Å². The summed E-state index contributed by atoms with van der Waals surface area (Å²) in [6, 6.07) is 2.07. The number of hydrogen-bond donors (Lipinski definition) is 2. The topological polar surface area (TPSA) is 28.7 Å². The van der Waals surface area contributed by atoms with E-state index in [2.05, 4.69) is 28.9 Å². The third kappa shape index (κ3) is 2.06. The highest BCUT2D eigenvalue weighted by molar-refractivity contribution is 7.80. The van der Waals surface area contributed by atoms with Crippen LogP contribution in [0.1, 0.15) is 17.8 Å². The van der Waals surface area contributed by atoms with Gasteiger partial charge in [0.1, 0.15) is 0 Å². The molecule has 0 saturated carbocycles. The van der Waals surface area contributed by atoms with Crippen molar-refractivity contribution >= 4 is 12.6 Å². The summed E-state index contributed by atoms with van der Waals surface area (Å²) in [6.45, 7) is 2.01. The second-order valence-corrected chi connectivity index (χ2v) is 2.82. The van der Waals surface area contributed by atoms with Gasteiger partial charge in [-0.05, 0) is 31.6 Å². The van der Waals surface area contributed by atoms with Crippen molar-refractivity contribution in [3.8, 4) is 0 Å². The van der Waals surface area contributed by atoms with E-state index in [1.807, 2.05) is 6.92 Å². The Kier molecular flexibility index (Phi) is 2.81. The molecule has 1 aromatic rings. The maximum absolute atomic E-state index is 4.12. The molecule has 0 amide bonds. The molecule has 0 fully saturated rings. The number of H-pyrrole nitrogens is 1. The van der Waals surface area contributed by atoms with Crippen molar-refractivity contribution in [3.05, 3.63) is 17.5 Å². The van der Waals surface area contributed by atoms with E-state index in [4.69, 9.17) is 0 Å². The van der Waals surface area contributed by atoms with Gasteiger partial charge in [-0.2, -0.15) is 17.7 Å². The number of rotatable bonds is 3. The summed E-state index contributed by atoms with van der Waals surface area (Å²) in [5.41, 5.74) is 2.28. The molecular formula is C7H12N2S. The Bertz CT molecular complexity index is 195. The first-order chi connectivity index (χ1) is 4.83. The maximum atomic E-state index is 4.12.